The van der Waals surface area contributed by atoms with Crippen LogP contribution in [0, 0.1) is 0 Å². The average Bonchev–Trinajstić information content (AvgIpc) is 3.39. The fraction of sp³-hybridized carbons (Fsp3) is 0.273. The van der Waals surface area contributed by atoms with Crippen LogP contribution in [0.15, 0.2) is 60.8 Å². The monoisotopic (exact) mass is 395 g/mol. The summed E-state index contributed by atoms with van der Waals surface area (Å²) in [7, 11) is 1.81. The van der Waals surface area contributed by atoms with Crippen molar-refractivity contribution >= 4 is 17.5 Å². The highest BCUT2D eigenvalue weighted by molar-refractivity contribution is 6.30. The van der Waals surface area contributed by atoms with Gasteiger partial charge in [-0.1, -0.05) is 41.9 Å². The predicted molar refractivity (Wildman–Crippen MR) is 110 cm³/mol. The summed E-state index contributed by atoms with van der Waals surface area (Å²) in [5.41, 5.74) is 2.96. The second-order valence-electron chi connectivity index (χ2n) is 7.00. The van der Waals surface area contributed by atoms with E-state index in [0.29, 0.717) is 22.8 Å². The summed E-state index contributed by atoms with van der Waals surface area (Å²) >= 11 is 6.03. The summed E-state index contributed by atoms with van der Waals surface area (Å²) in [4.78, 5) is 15.0. The number of carbonyl (C=O) groups excluding carboxylic acids is 1. The van der Waals surface area contributed by atoms with Gasteiger partial charge in [0.05, 0.1) is 17.4 Å². The Morgan fingerprint density at radius 1 is 1.21 bits per heavy atom. The Morgan fingerprint density at radius 2 is 1.96 bits per heavy atom. The van der Waals surface area contributed by atoms with Crippen molar-refractivity contribution in [1.82, 2.24) is 14.7 Å². The minimum atomic E-state index is -0.0670. The second kappa shape index (κ2) is 8.17. The molecule has 0 aliphatic carbocycles. The van der Waals surface area contributed by atoms with Crippen LogP contribution in [0.3, 0.4) is 0 Å². The van der Waals surface area contributed by atoms with E-state index in [0.717, 1.165) is 30.7 Å². The molecule has 1 atom stereocenters. The summed E-state index contributed by atoms with van der Waals surface area (Å²) in [5, 5.41) is 5.36. The average molecular weight is 396 g/mol. The van der Waals surface area contributed by atoms with Gasteiger partial charge in [-0.3, -0.25) is 4.79 Å². The number of rotatable bonds is 5. The summed E-state index contributed by atoms with van der Waals surface area (Å²) in [5.74, 6) is -0.0670. The fourth-order valence-corrected chi connectivity index (χ4v) is 3.57. The molecule has 28 heavy (non-hydrogen) atoms. The third-order valence-corrected chi connectivity index (χ3v) is 5.18. The lowest BCUT2D eigenvalue weighted by Gasteiger charge is -2.20. The van der Waals surface area contributed by atoms with E-state index in [4.69, 9.17) is 21.4 Å². The molecule has 3 aromatic rings. The first-order chi connectivity index (χ1) is 13.6. The molecule has 0 saturated carbocycles. The van der Waals surface area contributed by atoms with Gasteiger partial charge in [-0.2, -0.15) is 5.10 Å². The molecule has 2 heterocycles. The number of halogens is 1. The van der Waals surface area contributed by atoms with Crippen molar-refractivity contribution in [2.75, 3.05) is 20.2 Å². The lowest BCUT2D eigenvalue weighted by Crippen LogP contribution is -2.34. The first kappa shape index (κ1) is 18.7. The molecule has 4 rings (SSSR count). The minimum Gasteiger partial charge on any atom is -0.376 e. The van der Waals surface area contributed by atoms with Gasteiger partial charge in [0, 0.05) is 37.0 Å². The standard InChI is InChI=1S/C22H22ClN3O2/c1-25(14-19-8-5-13-28-19)22(27)20-15-26(18-6-3-2-4-7-18)24-21(20)16-9-11-17(23)12-10-16/h2-4,6-7,9-12,15,19H,5,8,13-14H2,1H3. The molecule has 5 nitrogen and oxygen atoms in total. The van der Waals surface area contributed by atoms with Crippen molar-refractivity contribution in [3.8, 4) is 16.9 Å². The molecule has 1 unspecified atom stereocenters. The summed E-state index contributed by atoms with van der Waals surface area (Å²) in [6, 6.07) is 17.2. The molecule has 144 valence electrons. The van der Waals surface area contributed by atoms with Crippen LogP contribution >= 0.6 is 11.6 Å². The summed E-state index contributed by atoms with van der Waals surface area (Å²) in [6.45, 7) is 1.35. The van der Waals surface area contributed by atoms with Gasteiger partial charge in [0.15, 0.2) is 0 Å². The highest BCUT2D eigenvalue weighted by Crippen LogP contribution is 2.26. The van der Waals surface area contributed by atoms with Gasteiger partial charge < -0.3 is 9.64 Å². The normalized spacial score (nSPS) is 16.3. The van der Waals surface area contributed by atoms with Gasteiger partial charge in [-0.25, -0.2) is 4.68 Å². The van der Waals surface area contributed by atoms with Crippen molar-refractivity contribution in [2.24, 2.45) is 0 Å². The Bertz CT molecular complexity index is 948. The molecule has 1 aliphatic rings. The zero-order chi connectivity index (χ0) is 19.5. The van der Waals surface area contributed by atoms with E-state index in [1.807, 2.05) is 61.6 Å². The Kier molecular flexibility index (Phi) is 5.46. The van der Waals surface area contributed by atoms with Gasteiger partial charge >= 0.3 is 0 Å². The van der Waals surface area contributed by atoms with Crippen LogP contribution in [-0.4, -0.2) is 46.9 Å². The van der Waals surface area contributed by atoms with Gasteiger partial charge in [-0.05, 0) is 37.1 Å². The molecule has 1 saturated heterocycles. The highest BCUT2D eigenvalue weighted by Gasteiger charge is 2.25. The number of ether oxygens (including phenoxy) is 1. The van der Waals surface area contributed by atoms with Crippen molar-refractivity contribution in [3.63, 3.8) is 0 Å². The van der Waals surface area contributed by atoms with E-state index in [1.54, 1.807) is 15.8 Å². The Balaban J connectivity index is 1.70. The molecular weight excluding hydrogens is 374 g/mol. The SMILES string of the molecule is CN(CC1CCCO1)C(=O)c1cn(-c2ccccc2)nc1-c1ccc(Cl)cc1. The summed E-state index contributed by atoms with van der Waals surface area (Å²) < 4.78 is 7.43. The lowest BCUT2D eigenvalue weighted by atomic mass is 10.1. The van der Waals surface area contributed by atoms with Crippen LogP contribution in [0.25, 0.3) is 16.9 Å². The van der Waals surface area contributed by atoms with Crippen molar-refractivity contribution < 1.29 is 9.53 Å². The number of benzene rings is 2. The maximum absolute atomic E-state index is 13.2. The molecule has 1 amide bonds. The second-order valence-corrected chi connectivity index (χ2v) is 7.44. The molecule has 0 radical (unpaired) electrons. The lowest BCUT2D eigenvalue weighted by molar-refractivity contribution is 0.0587. The predicted octanol–water partition coefficient (Wildman–Crippen LogP) is 4.44. The molecule has 6 heteroatoms. The molecule has 1 aliphatic heterocycles. The number of nitrogens with zero attached hydrogens (tertiary/aromatic N) is 3. The van der Waals surface area contributed by atoms with E-state index in [2.05, 4.69) is 0 Å². The molecule has 0 bridgehead atoms. The number of hydrogen-bond donors (Lipinski definition) is 0. The molecule has 0 N–H and O–H groups in total. The number of hydrogen-bond acceptors (Lipinski definition) is 3. The van der Waals surface area contributed by atoms with Crippen LogP contribution in [0.5, 0.6) is 0 Å². The Hall–Kier alpha value is -2.63. The van der Waals surface area contributed by atoms with Crippen molar-refractivity contribution in [2.45, 2.75) is 18.9 Å². The molecule has 1 fully saturated rings. The number of aromatic nitrogens is 2. The highest BCUT2D eigenvalue weighted by atomic mass is 35.5. The van der Waals surface area contributed by atoms with Crippen molar-refractivity contribution in [1.29, 1.82) is 0 Å². The maximum atomic E-state index is 13.2. The van der Waals surface area contributed by atoms with Crippen LogP contribution < -0.4 is 0 Å². The largest absolute Gasteiger partial charge is 0.376 e. The van der Waals surface area contributed by atoms with E-state index in [-0.39, 0.29) is 12.0 Å². The molecule has 2 aromatic carbocycles. The summed E-state index contributed by atoms with van der Waals surface area (Å²) in [6.07, 6.45) is 3.95. The zero-order valence-electron chi connectivity index (χ0n) is 15.7. The van der Waals surface area contributed by atoms with E-state index in [1.165, 1.54) is 0 Å². The molecule has 0 spiro atoms. The maximum Gasteiger partial charge on any atom is 0.257 e. The molecule has 1 aromatic heterocycles. The topological polar surface area (TPSA) is 47.4 Å². The minimum absolute atomic E-state index is 0.0670. The van der Waals surface area contributed by atoms with Crippen LogP contribution in [0.2, 0.25) is 5.02 Å². The fourth-order valence-electron chi connectivity index (χ4n) is 3.45. The van der Waals surface area contributed by atoms with Gasteiger partial charge in [0.25, 0.3) is 5.91 Å². The van der Waals surface area contributed by atoms with E-state index >= 15 is 0 Å². The number of amides is 1. The first-order valence-corrected chi connectivity index (χ1v) is 9.78. The van der Waals surface area contributed by atoms with E-state index < -0.39 is 0 Å². The van der Waals surface area contributed by atoms with Crippen LogP contribution in [0.1, 0.15) is 23.2 Å². The van der Waals surface area contributed by atoms with E-state index in [9.17, 15) is 4.79 Å². The van der Waals surface area contributed by atoms with Crippen molar-refractivity contribution in [3.05, 3.63) is 71.4 Å². The van der Waals surface area contributed by atoms with Gasteiger partial charge in [0.1, 0.15) is 5.69 Å². The van der Waals surface area contributed by atoms with Crippen LogP contribution in [0.4, 0.5) is 0 Å². The third-order valence-electron chi connectivity index (χ3n) is 4.93. The Labute approximate surface area is 169 Å². The number of carbonyl (C=O) groups is 1. The first-order valence-electron chi connectivity index (χ1n) is 9.40. The number of para-hydroxylation sites is 1. The quantitative estimate of drug-likeness (QED) is 0.641. The molecular formula is C22H22ClN3O2. The number of likely N-dealkylation sites (N-methyl/N-ethyl adjacent to an activating group) is 1. The Morgan fingerprint density at radius 3 is 2.64 bits per heavy atom. The smallest absolute Gasteiger partial charge is 0.257 e. The van der Waals surface area contributed by atoms with Crippen LogP contribution in [-0.2, 0) is 4.74 Å². The van der Waals surface area contributed by atoms with Gasteiger partial charge in [-0.15, -0.1) is 0 Å². The van der Waals surface area contributed by atoms with Gasteiger partial charge in [0.2, 0.25) is 0 Å². The third kappa shape index (κ3) is 3.96. The zero-order valence-corrected chi connectivity index (χ0v) is 16.5.